The molecule has 0 spiro atoms. The topological polar surface area (TPSA) is 85.2 Å². The molecule has 0 bridgehead atoms. The van der Waals surface area contributed by atoms with Gasteiger partial charge in [0.25, 0.3) is 0 Å². The van der Waals surface area contributed by atoms with Crippen molar-refractivity contribution in [1.82, 2.24) is 4.57 Å². The maximum atomic E-state index is 13.3. The van der Waals surface area contributed by atoms with Crippen LogP contribution in [-0.4, -0.2) is 18.9 Å². The molecule has 33 heavy (non-hydrogen) atoms. The molecule has 0 saturated carbocycles. The molecule has 168 valence electrons. The maximum absolute atomic E-state index is 13.3. The Bertz CT molecular complexity index is 1520. The van der Waals surface area contributed by atoms with Gasteiger partial charge in [0.15, 0.2) is 0 Å². The predicted octanol–water partition coefficient (Wildman–Crippen LogP) is 4.23. The van der Waals surface area contributed by atoms with Crippen molar-refractivity contribution in [3.63, 3.8) is 0 Å². The van der Waals surface area contributed by atoms with Crippen LogP contribution in [0.2, 0.25) is 0 Å². The van der Waals surface area contributed by atoms with Gasteiger partial charge in [-0.15, -0.1) is 0 Å². The molecule has 8 heteroatoms. The number of carbonyl (C=O) groups is 1. The van der Waals surface area contributed by atoms with Crippen molar-refractivity contribution in [2.24, 2.45) is 0 Å². The van der Waals surface area contributed by atoms with Crippen LogP contribution in [0.1, 0.15) is 11.1 Å². The first-order valence-electron chi connectivity index (χ1n) is 10.2. The standard InChI is InChI=1S/C25H21FN2O4S/c1-16-3-10-20(11-4-16)33(31,32)23-14-28(22-12-5-17(2)13-21(22)25(23)30)15-24(29)27-19-8-6-18(26)7-9-19/h3-14H,15H2,1-2H3,(H,27,29). The summed E-state index contributed by atoms with van der Waals surface area (Å²) in [5, 5.41) is 2.86. The lowest BCUT2D eigenvalue weighted by Crippen LogP contribution is -2.24. The summed E-state index contributed by atoms with van der Waals surface area (Å²) in [4.78, 5) is 25.5. The van der Waals surface area contributed by atoms with E-state index in [-0.39, 0.29) is 16.8 Å². The van der Waals surface area contributed by atoms with E-state index in [9.17, 15) is 22.4 Å². The first-order chi connectivity index (χ1) is 15.6. The van der Waals surface area contributed by atoms with E-state index in [1.165, 1.54) is 47.2 Å². The normalized spacial score (nSPS) is 11.5. The zero-order valence-corrected chi connectivity index (χ0v) is 18.8. The van der Waals surface area contributed by atoms with Crippen molar-refractivity contribution in [3.8, 4) is 0 Å². The monoisotopic (exact) mass is 464 g/mol. The van der Waals surface area contributed by atoms with Gasteiger partial charge in [-0.1, -0.05) is 29.3 Å². The largest absolute Gasteiger partial charge is 0.336 e. The van der Waals surface area contributed by atoms with Crippen LogP contribution < -0.4 is 10.7 Å². The average Bonchev–Trinajstić information content (AvgIpc) is 2.77. The second-order valence-electron chi connectivity index (χ2n) is 7.84. The van der Waals surface area contributed by atoms with Gasteiger partial charge in [-0.05, 0) is 62.4 Å². The van der Waals surface area contributed by atoms with Gasteiger partial charge in [-0.3, -0.25) is 9.59 Å². The van der Waals surface area contributed by atoms with Gasteiger partial charge < -0.3 is 9.88 Å². The lowest BCUT2D eigenvalue weighted by atomic mass is 10.1. The van der Waals surface area contributed by atoms with Crippen molar-refractivity contribution >= 4 is 32.3 Å². The molecule has 1 amide bonds. The summed E-state index contributed by atoms with van der Waals surface area (Å²) in [7, 11) is -4.12. The van der Waals surface area contributed by atoms with Crippen LogP contribution in [0, 0.1) is 19.7 Å². The van der Waals surface area contributed by atoms with Gasteiger partial charge in [-0.25, -0.2) is 12.8 Å². The lowest BCUT2D eigenvalue weighted by Gasteiger charge is -2.14. The van der Waals surface area contributed by atoms with Crippen LogP contribution in [0.3, 0.4) is 0 Å². The molecule has 1 N–H and O–H groups in total. The second-order valence-corrected chi connectivity index (χ2v) is 9.76. The fraction of sp³-hybridized carbons (Fsp3) is 0.120. The summed E-state index contributed by atoms with van der Waals surface area (Å²) in [6, 6.07) is 16.6. The Kier molecular flexibility index (Phi) is 5.86. The van der Waals surface area contributed by atoms with Gasteiger partial charge in [0, 0.05) is 17.3 Å². The van der Waals surface area contributed by atoms with E-state index in [0.29, 0.717) is 11.2 Å². The van der Waals surface area contributed by atoms with Crippen molar-refractivity contribution in [2.45, 2.75) is 30.2 Å². The van der Waals surface area contributed by atoms with E-state index < -0.39 is 31.9 Å². The highest BCUT2D eigenvalue weighted by Gasteiger charge is 2.24. The summed E-state index contributed by atoms with van der Waals surface area (Å²) >= 11 is 0. The Balaban J connectivity index is 1.81. The third kappa shape index (κ3) is 4.56. The summed E-state index contributed by atoms with van der Waals surface area (Å²) in [5.74, 6) is -0.883. The molecule has 0 aliphatic heterocycles. The second kappa shape index (κ2) is 8.63. The number of sulfone groups is 1. The highest BCUT2D eigenvalue weighted by atomic mass is 32.2. The van der Waals surface area contributed by atoms with Crippen molar-refractivity contribution in [3.05, 3.63) is 100 Å². The van der Waals surface area contributed by atoms with E-state index in [1.807, 2.05) is 6.92 Å². The van der Waals surface area contributed by atoms with Crippen molar-refractivity contribution < 1.29 is 17.6 Å². The SMILES string of the molecule is Cc1ccc(S(=O)(=O)c2cn(CC(=O)Nc3ccc(F)cc3)c3ccc(C)cc3c2=O)cc1. The molecule has 1 heterocycles. The lowest BCUT2D eigenvalue weighted by molar-refractivity contribution is -0.116. The summed E-state index contributed by atoms with van der Waals surface area (Å²) < 4.78 is 41.2. The first-order valence-corrected chi connectivity index (χ1v) is 11.6. The van der Waals surface area contributed by atoms with Crippen molar-refractivity contribution in [2.75, 3.05) is 5.32 Å². The fourth-order valence-electron chi connectivity index (χ4n) is 3.54. The van der Waals surface area contributed by atoms with Crippen molar-refractivity contribution in [1.29, 1.82) is 0 Å². The van der Waals surface area contributed by atoms with Gasteiger partial charge in [-0.2, -0.15) is 0 Å². The molecule has 0 unspecified atom stereocenters. The van der Waals surface area contributed by atoms with E-state index >= 15 is 0 Å². The number of hydrogen-bond acceptors (Lipinski definition) is 4. The highest BCUT2D eigenvalue weighted by Crippen LogP contribution is 2.22. The number of carbonyl (C=O) groups excluding carboxylic acids is 1. The van der Waals surface area contributed by atoms with Gasteiger partial charge in [0.05, 0.1) is 10.4 Å². The minimum Gasteiger partial charge on any atom is -0.336 e. The maximum Gasteiger partial charge on any atom is 0.244 e. The van der Waals surface area contributed by atoms with Gasteiger partial charge in [0.1, 0.15) is 17.3 Å². The number of amides is 1. The first kappa shape index (κ1) is 22.4. The van der Waals surface area contributed by atoms with Crippen LogP contribution in [-0.2, 0) is 21.2 Å². The molecule has 1 aromatic heterocycles. The number of hydrogen-bond donors (Lipinski definition) is 1. The Morgan fingerprint density at radius 1 is 0.939 bits per heavy atom. The number of anilines is 1. The Hall–Kier alpha value is -3.78. The number of rotatable bonds is 5. The average molecular weight is 465 g/mol. The molecule has 0 aliphatic rings. The molecule has 0 fully saturated rings. The van der Waals surface area contributed by atoms with E-state index in [4.69, 9.17) is 0 Å². The molecule has 3 aromatic carbocycles. The van der Waals surface area contributed by atoms with Crippen LogP contribution in [0.5, 0.6) is 0 Å². The summed E-state index contributed by atoms with van der Waals surface area (Å²) in [6.07, 6.45) is 1.21. The molecule has 0 aliphatic carbocycles. The number of halogens is 1. The number of aryl methyl sites for hydroxylation is 2. The molecule has 0 atom stereocenters. The van der Waals surface area contributed by atoms with E-state index in [0.717, 1.165) is 11.1 Å². The van der Waals surface area contributed by atoms with Crippen LogP contribution in [0.15, 0.2) is 87.5 Å². The van der Waals surface area contributed by atoms with E-state index in [1.54, 1.807) is 37.3 Å². The fourth-order valence-corrected chi connectivity index (χ4v) is 4.91. The number of fused-ring (bicyclic) bond motifs is 1. The highest BCUT2D eigenvalue weighted by molar-refractivity contribution is 7.91. The Morgan fingerprint density at radius 3 is 2.24 bits per heavy atom. The van der Waals surface area contributed by atoms with Gasteiger partial charge in [0.2, 0.25) is 21.2 Å². The molecule has 4 rings (SSSR count). The zero-order valence-electron chi connectivity index (χ0n) is 18.0. The van der Waals surface area contributed by atoms with Gasteiger partial charge >= 0.3 is 0 Å². The Labute approximate surface area is 190 Å². The third-order valence-electron chi connectivity index (χ3n) is 5.27. The van der Waals surface area contributed by atoms with Crippen LogP contribution in [0.4, 0.5) is 10.1 Å². The number of aromatic nitrogens is 1. The molecular formula is C25H21FN2O4S. The zero-order chi connectivity index (χ0) is 23.8. The summed E-state index contributed by atoms with van der Waals surface area (Å²) in [6.45, 7) is 3.39. The minimum atomic E-state index is -4.12. The number of pyridine rings is 1. The number of nitrogens with zero attached hydrogens (tertiary/aromatic N) is 1. The summed E-state index contributed by atoms with van der Waals surface area (Å²) in [5.41, 5.74) is 1.88. The minimum absolute atomic E-state index is 0.000447. The molecular weight excluding hydrogens is 443 g/mol. The quantitative estimate of drug-likeness (QED) is 0.479. The molecule has 0 saturated heterocycles. The number of benzene rings is 3. The number of nitrogens with one attached hydrogen (secondary N) is 1. The Morgan fingerprint density at radius 2 is 1.58 bits per heavy atom. The van der Waals surface area contributed by atoms with Crippen LogP contribution >= 0.6 is 0 Å². The molecule has 0 radical (unpaired) electrons. The third-order valence-corrected chi connectivity index (χ3v) is 7.03. The molecule has 4 aromatic rings. The predicted molar refractivity (Wildman–Crippen MR) is 125 cm³/mol. The smallest absolute Gasteiger partial charge is 0.244 e. The molecule has 6 nitrogen and oxygen atoms in total. The van der Waals surface area contributed by atoms with Crippen LogP contribution in [0.25, 0.3) is 10.9 Å². The van der Waals surface area contributed by atoms with E-state index in [2.05, 4.69) is 5.32 Å².